The smallest absolute Gasteiger partial charge is 0.237 e. The van der Waals surface area contributed by atoms with Crippen molar-refractivity contribution in [3.63, 3.8) is 0 Å². The van der Waals surface area contributed by atoms with Crippen LogP contribution in [0.15, 0.2) is 41.3 Å². The van der Waals surface area contributed by atoms with Crippen LogP contribution in [-0.2, 0) is 9.84 Å². The van der Waals surface area contributed by atoms with Gasteiger partial charge in [0, 0.05) is 5.69 Å². The number of ether oxygens (including phenoxy) is 1. The van der Waals surface area contributed by atoms with Crippen molar-refractivity contribution in [2.45, 2.75) is 69.8 Å². The number of para-hydroxylation sites is 1. The van der Waals surface area contributed by atoms with E-state index in [1.54, 1.807) is 38.1 Å². The molecule has 1 saturated heterocycles. The first kappa shape index (κ1) is 26.5. The molecule has 4 aromatic rings. The van der Waals surface area contributed by atoms with E-state index in [0.717, 1.165) is 43.1 Å². The summed E-state index contributed by atoms with van der Waals surface area (Å²) in [4.78, 5) is 11.9. The van der Waals surface area contributed by atoms with Gasteiger partial charge < -0.3 is 15.4 Å². The Bertz CT molecular complexity index is 1690. The minimum absolute atomic E-state index is 0.226. The molecule has 1 fully saturated rings. The number of piperidine rings is 1. The third kappa shape index (κ3) is 4.46. The Kier molecular flexibility index (Phi) is 6.66. The number of hydrogen-bond acceptors (Lipinski definition) is 9. The van der Waals surface area contributed by atoms with E-state index in [0.29, 0.717) is 34.4 Å². The molecule has 0 aliphatic carbocycles. The molecule has 0 amide bonds. The summed E-state index contributed by atoms with van der Waals surface area (Å²) in [5.74, 6) is 2.22. The fourth-order valence-corrected chi connectivity index (χ4v) is 6.90. The lowest BCUT2D eigenvalue weighted by atomic mass is 9.87. The molecular weight excluding hydrogens is 526 g/mol. The summed E-state index contributed by atoms with van der Waals surface area (Å²) in [7, 11) is -3.53. The molecule has 40 heavy (non-hydrogen) atoms. The predicted octanol–water partition coefficient (Wildman–Crippen LogP) is 5.24. The maximum absolute atomic E-state index is 13.1. The van der Waals surface area contributed by atoms with Crippen LogP contribution in [-0.4, -0.2) is 53.2 Å². The monoisotopic (exact) mass is 561 g/mol. The van der Waals surface area contributed by atoms with Gasteiger partial charge in [-0.25, -0.2) is 8.42 Å². The maximum Gasteiger partial charge on any atom is 0.237 e. The Morgan fingerprint density at radius 1 is 1.10 bits per heavy atom. The van der Waals surface area contributed by atoms with E-state index in [2.05, 4.69) is 39.9 Å². The average molecular weight is 562 g/mol. The fraction of sp³-hybridized carbons (Fsp3) is 0.414. The van der Waals surface area contributed by atoms with E-state index < -0.39 is 15.1 Å². The van der Waals surface area contributed by atoms with Gasteiger partial charge in [0.25, 0.3) is 0 Å². The number of nitrogens with zero attached hydrogens (tertiary/aromatic N) is 4. The van der Waals surface area contributed by atoms with Gasteiger partial charge in [-0.2, -0.15) is 15.1 Å². The molecule has 2 aliphatic rings. The first-order chi connectivity index (χ1) is 19.1. The highest BCUT2D eigenvalue weighted by molar-refractivity contribution is 7.92. The summed E-state index contributed by atoms with van der Waals surface area (Å²) >= 11 is 0. The Morgan fingerprint density at radius 3 is 2.60 bits per heavy atom. The van der Waals surface area contributed by atoms with Crippen LogP contribution in [0.5, 0.6) is 5.75 Å². The molecule has 6 rings (SSSR count). The first-order valence-corrected chi connectivity index (χ1v) is 15.3. The molecule has 3 N–H and O–H groups in total. The lowest BCUT2D eigenvalue weighted by Crippen LogP contribution is -2.29. The number of anilines is 4. The first-order valence-electron chi connectivity index (χ1n) is 13.8. The molecular formula is C29H35N7O3S. The number of rotatable bonds is 6. The van der Waals surface area contributed by atoms with E-state index in [-0.39, 0.29) is 11.1 Å². The van der Waals surface area contributed by atoms with E-state index >= 15 is 0 Å². The van der Waals surface area contributed by atoms with Crippen molar-refractivity contribution in [2.75, 3.05) is 23.3 Å². The Morgan fingerprint density at radius 2 is 1.85 bits per heavy atom. The van der Waals surface area contributed by atoms with Crippen LogP contribution in [0.2, 0.25) is 0 Å². The second kappa shape index (κ2) is 10.0. The van der Waals surface area contributed by atoms with Gasteiger partial charge in [0.1, 0.15) is 11.6 Å². The quantitative estimate of drug-likeness (QED) is 0.290. The number of H-pyrrole nitrogens is 1. The molecule has 1 atom stereocenters. The highest BCUT2D eigenvalue weighted by atomic mass is 32.2. The Balaban J connectivity index is 1.44. The Hall–Kier alpha value is -3.70. The molecule has 2 aromatic carbocycles. The number of aromatic amines is 1. The van der Waals surface area contributed by atoms with Crippen LogP contribution in [0.4, 0.5) is 23.1 Å². The van der Waals surface area contributed by atoms with Gasteiger partial charge in [0.05, 0.1) is 26.9 Å². The normalized spacial score (nSPS) is 17.9. The van der Waals surface area contributed by atoms with Crippen molar-refractivity contribution < 1.29 is 13.2 Å². The minimum atomic E-state index is -3.53. The van der Waals surface area contributed by atoms with Gasteiger partial charge in [0.2, 0.25) is 5.95 Å². The van der Waals surface area contributed by atoms with Crippen LogP contribution in [0.3, 0.4) is 0 Å². The van der Waals surface area contributed by atoms with E-state index in [1.807, 2.05) is 18.7 Å². The molecule has 0 saturated carbocycles. The van der Waals surface area contributed by atoms with Crippen molar-refractivity contribution in [3.05, 3.63) is 53.2 Å². The lowest BCUT2D eigenvalue weighted by Gasteiger charge is -2.25. The minimum Gasteiger partial charge on any atom is -0.468 e. The van der Waals surface area contributed by atoms with Crippen molar-refractivity contribution in [2.24, 2.45) is 0 Å². The molecule has 10 nitrogen and oxygen atoms in total. The summed E-state index contributed by atoms with van der Waals surface area (Å²) in [5, 5.41) is 14.3. The van der Waals surface area contributed by atoms with Crippen LogP contribution < -0.4 is 20.3 Å². The van der Waals surface area contributed by atoms with Crippen LogP contribution in [0.1, 0.15) is 56.4 Å². The molecule has 0 bridgehead atoms. The summed E-state index contributed by atoms with van der Waals surface area (Å²) < 4.78 is 32.6. The predicted molar refractivity (Wildman–Crippen MR) is 157 cm³/mol. The van der Waals surface area contributed by atoms with E-state index in [9.17, 15) is 8.42 Å². The van der Waals surface area contributed by atoms with Gasteiger partial charge >= 0.3 is 0 Å². The van der Waals surface area contributed by atoms with Gasteiger partial charge in [-0.05, 0) is 102 Å². The van der Waals surface area contributed by atoms with Gasteiger partial charge in [-0.1, -0.05) is 12.1 Å². The van der Waals surface area contributed by atoms with Crippen LogP contribution in [0, 0.1) is 13.8 Å². The van der Waals surface area contributed by atoms with Crippen molar-refractivity contribution in [1.29, 1.82) is 0 Å². The molecule has 2 aliphatic heterocycles. The zero-order valence-electron chi connectivity index (χ0n) is 23.4. The van der Waals surface area contributed by atoms with Crippen molar-refractivity contribution >= 4 is 44.0 Å². The third-order valence-electron chi connectivity index (χ3n) is 7.91. The van der Waals surface area contributed by atoms with Crippen molar-refractivity contribution in [1.82, 2.24) is 25.5 Å². The zero-order chi connectivity index (χ0) is 28.2. The molecule has 210 valence electrons. The molecule has 0 spiro atoms. The fourth-order valence-electron chi connectivity index (χ4n) is 5.70. The van der Waals surface area contributed by atoms with Crippen LogP contribution >= 0.6 is 0 Å². The average Bonchev–Trinajstić information content (AvgIpc) is 3.47. The second-order valence-corrected chi connectivity index (χ2v) is 13.4. The van der Waals surface area contributed by atoms with E-state index in [4.69, 9.17) is 14.7 Å². The largest absolute Gasteiger partial charge is 0.468 e. The van der Waals surface area contributed by atoms with Gasteiger partial charge in [-0.3, -0.25) is 10.00 Å². The summed E-state index contributed by atoms with van der Waals surface area (Å²) in [6.45, 7) is 11.4. The zero-order valence-corrected chi connectivity index (χ0v) is 24.3. The number of hydrogen-bond donors (Lipinski definition) is 3. The summed E-state index contributed by atoms with van der Waals surface area (Å²) in [6.07, 6.45) is 1.89. The molecule has 0 radical (unpaired) electrons. The topological polar surface area (TPSA) is 125 Å². The van der Waals surface area contributed by atoms with Gasteiger partial charge in [0.15, 0.2) is 21.7 Å². The summed E-state index contributed by atoms with van der Waals surface area (Å²) in [5.41, 5.74) is 5.18. The molecule has 2 aromatic heterocycles. The highest BCUT2D eigenvalue weighted by Gasteiger charge is 2.34. The number of aryl methyl sites for hydroxylation is 2. The standard InChI is InChI=1S/C29H35N7O3S/c1-16(2)40(37,38)25-9-7-6-8-22(25)31-27-26-18(4)34-35-28(26)33-29(32-27)36-19(5)39-24-15-21(17(3)14-23(24)36)20-10-12-30-13-11-20/h6-9,14-16,19-20,30H,10-13H2,1-5H3,(H2,31,32,33,34,35). The van der Waals surface area contributed by atoms with Crippen LogP contribution in [0.25, 0.3) is 11.0 Å². The molecule has 11 heteroatoms. The maximum atomic E-state index is 13.1. The number of benzene rings is 2. The van der Waals surface area contributed by atoms with Crippen molar-refractivity contribution in [3.8, 4) is 5.75 Å². The number of nitrogens with one attached hydrogen (secondary N) is 3. The number of fused-ring (bicyclic) bond motifs is 2. The highest BCUT2D eigenvalue weighted by Crippen LogP contribution is 2.45. The third-order valence-corrected chi connectivity index (χ3v) is 10.1. The lowest BCUT2D eigenvalue weighted by molar-refractivity contribution is 0.254. The SMILES string of the molecule is Cc1cc2c(cc1C1CCNCC1)OC(C)N2c1nc(Nc2ccccc2S(=O)(=O)C(C)C)c2c(C)[nH]nc2n1. The Labute approximate surface area is 234 Å². The molecule has 4 heterocycles. The van der Waals surface area contributed by atoms with Gasteiger partial charge in [-0.15, -0.1) is 0 Å². The summed E-state index contributed by atoms with van der Waals surface area (Å²) in [6, 6.07) is 11.2. The second-order valence-electron chi connectivity index (χ2n) is 10.9. The number of sulfone groups is 1. The number of aromatic nitrogens is 4. The molecule has 1 unspecified atom stereocenters. The van der Waals surface area contributed by atoms with E-state index in [1.165, 1.54) is 11.1 Å².